The lowest BCUT2D eigenvalue weighted by molar-refractivity contribution is -0.141. The van der Waals surface area contributed by atoms with Crippen LogP contribution in [0.3, 0.4) is 0 Å². The molecular weight excluding hydrogens is 559 g/mol. The molecule has 4 rings (SSSR count). The Bertz CT molecular complexity index is 1250. The second-order valence-corrected chi connectivity index (χ2v) is 9.81. The van der Waals surface area contributed by atoms with E-state index in [0.717, 1.165) is 25.8 Å². The molecule has 3 N–H and O–H groups in total. The first-order valence-corrected chi connectivity index (χ1v) is 12.3. The van der Waals surface area contributed by atoms with E-state index in [1.807, 2.05) is 24.3 Å². The lowest BCUT2D eigenvalue weighted by Crippen LogP contribution is -2.40. The van der Waals surface area contributed by atoms with Gasteiger partial charge in [-0.25, -0.2) is 4.79 Å². The number of aliphatic carboxylic acids is 1. The summed E-state index contributed by atoms with van der Waals surface area (Å²) in [6.45, 7) is 3.36. The molecule has 1 aliphatic carbocycles. The van der Waals surface area contributed by atoms with Crippen LogP contribution in [0.4, 0.5) is 10.5 Å². The average molecular weight is 584 g/mol. The topological polar surface area (TPSA) is 105 Å². The first-order chi connectivity index (χ1) is 16.7. The summed E-state index contributed by atoms with van der Waals surface area (Å²) in [5, 5.41) is 14.6. The Morgan fingerprint density at radius 1 is 0.971 bits per heavy atom. The van der Waals surface area contributed by atoms with Crippen LogP contribution >= 0.6 is 22.6 Å². The minimum Gasteiger partial charge on any atom is -0.481 e. The second kappa shape index (κ2) is 10.5. The van der Waals surface area contributed by atoms with E-state index in [2.05, 4.69) is 57.5 Å². The van der Waals surface area contributed by atoms with Crippen molar-refractivity contribution >= 4 is 46.2 Å². The van der Waals surface area contributed by atoms with Crippen molar-refractivity contribution in [1.82, 2.24) is 5.32 Å². The third-order valence-electron chi connectivity index (χ3n) is 6.25. The van der Waals surface area contributed by atoms with Gasteiger partial charge in [-0.05, 0) is 76.9 Å². The van der Waals surface area contributed by atoms with Gasteiger partial charge in [0, 0.05) is 26.8 Å². The number of rotatable bonds is 7. The molecule has 2 amide bonds. The molecule has 0 aromatic heterocycles. The number of hydrogen-bond acceptors (Lipinski definition) is 4. The molecule has 0 spiro atoms. The van der Waals surface area contributed by atoms with Gasteiger partial charge < -0.3 is 15.2 Å². The standard InChI is InChI=1S/C27H25IN2O5/c1-15(26(32)33)16(2)29-25(31)17-11-18(28)13-19(12-17)30-27(34)35-14-24-22-9-5-3-7-20(22)21-8-4-6-10-23(21)24/h3-13,15-16,24H,14H2,1-2H3,(H,29,31)(H,30,34)(H,32,33). The Kier molecular flexibility index (Phi) is 7.39. The van der Waals surface area contributed by atoms with Gasteiger partial charge in [0.15, 0.2) is 0 Å². The highest BCUT2D eigenvalue weighted by atomic mass is 127. The van der Waals surface area contributed by atoms with Crippen molar-refractivity contribution in [1.29, 1.82) is 0 Å². The highest BCUT2D eigenvalue weighted by molar-refractivity contribution is 14.1. The zero-order valence-corrected chi connectivity index (χ0v) is 21.4. The van der Waals surface area contributed by atoms with Crippen LogP contribution in [-0.4, -0.2) is 35.7 Å². The summed E-state index contributed by atoms with van der Waals surface area (Å²) in [5.74, 6) is -2.19. The van der Waals surface area contributed by atoms with E-state index in [1.54, 1.807) is 19.1 Å². The number of carboxylic acids is 1. The Morgan fingerprint density at radius 3 is 2.17 bits per heavy atom. The Hall–Kier alpha value is -3.40. The molecule has 2 unspecified atom stereocenters. The molecule has 0 saturated carbocycles. The Morgan fingerprint density at radius 2 is 1.57 bits per heavy atom. The van der Waals surface area contributed by atoms with Crippen molar-refractivity contribution in [3.8, 4) is 11.1 Å². The van der Waals surface area contributed by atoms with Crippen molar-refractivity contribution in [2.24, 2.45) is 5.92 Å². The molecule has 0 fully saturated rings. The fourth-order valence-corrected chi connectivity index (χ4v) is 4.85. The number of halogens is 1. The molecule has 0 saturated heterocycles. The van der Waals surface area contributed by atoms with E-state index in [0.29, 0.717) is 11.3 Å². The van der Waals surface area contributed by atoms with Gasteiger partial charge in [0.1, 0.15) is 6.61 Å². The summed E-state index contributed by atoms with van der Waals surface area (Å²) in [4.78, 5) is 36.4. The van der Waals surface area contributed by atoms with Crippen LogP contribution in [-0.2, 0) is 9.53 Å². The molecule has 35 heavy (non-hydrogen) atoms. The Labute approximate surface area is 217 Å². The minimum atomic E-state index is -0.988. The van der Waals surface area contributed by atoms with Gasteiger partial charge in [-0.1, -0.05) is 48.5 Å². The van der Waals surface area contributed by atoms with Crippen molar-refractivity contribution in [3.63, 3.8) is 0 Å². The van der Waals surface area contributed by atoms with Gasteiger partial charge >= 0.3 is 12.1 Å². The SMILES string of the molecule is CC(NC(=O)c1cc(I)cc(NC(=O)OCC2c3ccccc3-c3ccccc32)c1)C(C)C(=O)O. The van der Waals surface area contributed by atoms with Gasteiger partial charge in [-0.15, -0.1) is 0 Å². The highest BCUT2D eigenvalue weighted by Gasteiger charge is 2.29. The second-order valence-electron chi connectivity index (χ2n) is 8.57. The molecule has 2 atom stereocenters. The van der Waals surface area contributed by atoms with Crippen molar-refractivity contribution in [2.45, 2.75) is 25.8 Å². The summed E-state index contributed by atoms with van der Waals surface area (Å²) in [5.41, 5.74) is 5.28. The van der Waals surface area contributed by atoms with Crippen molar-refractivity contribution < 1.29 is 24.2 Å². The van der Waals surface area contributed by atoms with E-state index in [1.165, 1.54) is 13.0 Å². The molecule has 0 bridgehead atoms. The predicted octanol–water partition coefficient (Wildman–Crippen LogP) is 5.49. The van der Waals surface area contributed by atoms with Crippen molar-refractivity contribution in [3.05, 3.63) is 87.0 Å². The van der Waals surface area contributed by atoms with Gasteiger partial charge in [-0.3, -0.25) is 14.9 Å². The number of nitrogens with one attached hydrogen (secondary N) is 2. The average Bonchev–Trinajstić information content (AvgIpc) is 3.15. The number of carboxylic acid groups (broad SMARTS) is 1. The lowest BCUT2D eigenvalue weighted by atomic mass is 9.98. The van der Waals surface area contributed by atoms with Crippen LogP contribution in [0.2, 0.25) is 0 Å². The minimum absolute atomic E-state index is 0.0527. The zero-order valence-electron chi connectivity index (χ0n) is 19.2. The fraction of sp³-hybridized carbons (Fsp3) is 0.222. The monoisotopic (exact) mass is 584 g/mol. The number of benzene rings is 3. The Balaban J connectivity index is 1.42. The zero-order chi connectivity index (χ0) is 25.1. The van der Waals surface area contributed by atoms with Gasteiger partial charge in [0.05, 0.1) is 5.92 Å². The highest BCUT2D eigenvalue weighted by Crippen LogP contribution is 2.44. The summed E-state index contributed by atoms with van der Waals surface area (Å²) < 4.78 is 6.33. The van der Waals surface area contributed by atoms with E-state index >= 15 is 0 Å². The predicted molar refractivity (Wildman–Crippen MR) is 142 cm³/mol. The third kappa shape index (κ3) is 5.48. The molecule has 0 radical (unpaired) electrons. The first kappa shape index (κ1) is 24.7. The summed E-state index contributed by atoms with van der Waals surface area (Å²) in [6, 6.07) is 20.6. The van der Waals surface area contributed by atoms with Crippen LogP contribution < -0.4 is 10.6 Å². The quantitative estimate of drug-likeness (QED) is 0.319. The van der Waals surface area contributed by atoms with Crippen LogP contribution in [0.5, 0.6) is 0 Å². The molecule has 3 aromatic rings. The molecule has 3 aromatic carbocycles. The molecule has 7 nitrogen and oxygen atoms in total. The van der Waals surface area contributed by atoms with E-state index in [9.17, 15) is 14.4 Å². The first-order valence-electron chi connectivity index (χ1n) is 11.2. The van der Waals surface area contributed by atoms with Crippen LogP contribution in [0.15, 0.2) is 66.7 Å². The number of ether oxygens (including phenoxy) is 1. The number of carbonyl (C=O) groups excluding carboxylic acids is 2. The van der Waals surface area contributed by atoms with Gasteiger partial charge in [0.25, 0.3) is 5.91 Å². The summed E-state index contributed by atoms with van der Waals surface area (Å²) >= 11 is 2.06. The van der Waals surface area contributed by atoms with Gasteiger partial charge in [-0.2, -0.15) is 0 Å². The third-order valence-corrected chi connectivity index (χ3v) is 6.87. The number of carbonyl (C=O) groups is 3. The summed E-state index contributed by atoms with van der Waals surface area (Å²) in [6.07, 6.45) is -0.618. The van der Waals surface area contributed by atoms with E-state index in [4.69, 9.17) is 9.84 Å². The normalized spacial score (nSPS) is 13.8. The maximum Gasteiger partial charge on any atom is 0.411 e. The molecule has 180 valence electrons. The number of anilines is 1. The van der Waals surface area contributed by atoms with Crippen LogP contribution in [0.1, 0.15) is 41.3 Å². The van der Waals surface area contributed by atoms with Gasteiger partial charge in [0.2, 0.25) is 0 Å². The largest absolute Gasteiger partial charge is 0.481 e. The fourth-order valence-electron chi connectivity index (χ4n) is 4.17. The lowest BCUT2D eigenvalue weighted by Gasteiger charge is -2.18. The summed E-state index contributed by atoms with van der Waals surface area (Å²) in [7, 11) is 0. The number of hydrogen-bond donors (Lipinski definition) is 3. The smallest absolute Gasteiger partial charge is 0.411 e. The van der Waals surface area contributed by atoms with Crippen LogP contribution in [0, 0.1) is 9.49 Å². The number of amides is 2. The molecule has 1 aliphatic rings. The maximum atomic E-state index is 12.7. The van der Waals surface area contributed by atoms with Crippen LogP contribution in [0.25, 0.3) is 11.1 Å². The van der Waals surface area contributed by atoms with Crippen molar-refractivity contribution in [2.75, 3.05) is 11.9 Å². The molecule has 0 heterocycles. The van der Waals surface area contributed by atoms with E-state index in [-0.39, 0.29) is 12.5 Å². The van der Waals surface area contributed by atoms with E-state index < -0.39 is 29.9 Å². The molecular formula is C27H25IN2O5. The maximum absolute atomic E-state index is 12.7. The number of fused-ring (bicyclic) bond motifs is 3. The molecule has 8 heteroatoms. The molecule has 0 aliphatic heterocycles.